The van der Waals surface area contributed by atoms with Gasteiger partial charge in [0.15, 0.2) is 5.96 Å². The molecule has 1 fully saturated rings. The van der Waals surface area contributed by atoms with Crippen LogP contribution in [0.5, 0.6) is 0 Å². The maximum Gasteiger partial charge on any atom is 0.227 e. The number of carbonyl (C=O) groups is 1. The van der Waals surface area contributed by atoms with Gasteiger partial charge < -0.3 is 20.1 Å². The first-order valence-electron chi connectivity index (χ1n) is 9.13. The van der Waals surface area contributed by atoms with E-state index in [0.717, 1.165) is 49.8 Å². The van der Waals surface area contributed by atoms with Crippen LogP contribution in [0.15, 0.2) is 48.0 Å². The standard InChI is InChI=1S/C19H26N6O.HI/c1-2-21-19(22-10-13-24-12-9-20-15-24)23-14-16-5-7-17(8-6-16)25-11-3-4-18(25)26;/h5-9,12,15H,2-4,10-11,13-14H2,1H3,(H2,21,22,23);1H. The Morgan fingerprint density at radius 1 is 1.26 bits per heavy atom. The third kappa shape index (κ3) is 6.23. The minimum Gasteiger partial charge on any atom is -0.357 e. The number of carbonyl (C=O) groups excluding carboxylic acids is 1. The highest BCUT2D eigenvalue weighted by molar-refractivity contribution is 14.0. The molecule has 1 amide bonds. The molecule has 3 rings (SSSR count). The van der Waals surface area contributed by atoms with E-state index in [0.29, 0.717) is 13.0 Å². The fourth-order valence-electron chi connectivity index (χ4n) is 2.94. The number of halogens is 1. The Labute approximate surface area is 177 Å². The highest BCUT2D eigenvalue weighted by atomic mass is 127. The topological polar surface area (TPSA) is 74.6 Å². The first-order chi connectivity index (χ1) is 12.8. The number of guanidine groups is 1. The fraction of sp³-hybridized carbons (Fsp3) is 0.421. The molecule has 1 saturated heterocycles. The maximum absolute atomic E-state index is 11.8. The summed E-state index contributed by atoms with van der Waals surface area (Å²) >= 11 is 0. The summed E-state index contributed by atoms with van der Waals surface area (Å²) < 4.78 is 2.02. The van der Waals surface area contributed by atoms with E-state index in [1.807, 2.05) is 39.9 Å². The van der Waals surface area contributed by atoms with Gasteiger partial charge in [-0.3, -0.25) is 4.79 Å². The predicted molar refractivity (Wildman–Crippen MR) is 118 cm³/mol. The predicted octanol–water partition coefficient (Wildman–Crippen LogP) is 2.38. The van der Waals surface area contributed by atoms with Gasteiger partial charge in [0, 0.05) is 50.7 Å². The van der Waals surface area contributed by atoms with Crippen LogP contribution in [0.25, 0.3) is 0 Å². The zero-order chi connectivity index (χ0) is 18.2. The molecule has 0 bridgehead atoms. The van der Waals surface area contributed by atoms with Crippen molar-refractivity contribution in [2.75, 3.05) is 24.5 Å². The summed E-state index contributed by atoms with van der Waals surface area (Å²) in [5.41, 5.74) is 2.10. The van der Waals surface area contributed by atoms with Crippen LogP contribution in [0.4, 0.5) is 5.69 Å². The van der Waals surface area contributed by atoms with Crippen molar-refractivity contribution in [2.24, 2.45) is 4.99 Å². The molecule has 1 aromatic heterocycles. The van der Waals surface area contributed by atoms with E-state index >= 15 is 0 Å². The Hall–Kier alpha value is -2.10. The Morgan fingerprint density at radius 2 is 2.07 bits per heavy atom. The van der Waals surface area contributed by atoms with Gasteiger partial charge in [-0.2, -0.15) is 0 Å². The van der Waals surface area contributed by atoms with Gasteiger partial charge in [-0.25, -0.2) is 9.98 Å². The molecule has 146 valence electrons. The van der Waals surface area contributed by atoms with Crippen molar-refractivity contribution in [1.82, 2.24) is 20.2 Å². The lowest BCUT2D eigenvalue weighted by atomic mass is 10.2. The summed E-state index contributed by atoms with van der Waals surface area (Å²) in [6, 6.07) is 8.10. The molecule has 2 N–H and O–H groups in total. The van der Waals surface area contributed by atoms with E-state index in [1.54, 1.807) is 12.5 Å². The monoisotopic (exact) mass is 482 g/mol. The van der Waals surface area contributed by atoms with Gasteiger partial charge in [-0.15, -0.1) is 24.0 Å². The number of aromatic nitrogens is 2. The maximum atomic E-state index is 11.8. The average molecular weight is 482 g/mol. The van der Waals surface area contributed by atoms with Crippen LogP contribution in [0, 0.1) is 0 Å². The van der Waals surface area contributed by atoms with Crippen LogP contribution in [0.3, 0.4) is 0 Å². The van der Waals surface area contributed by atoms with Crippen molar-refractivity contribution in [3.8, 4) is 0 Å². The molecule has 0 saturated carbocycles. The van der Waals surface area contributed by atoms with Crippen LogP contribution < -0.4 is 15.5 Å². The molecular weight excluding hydrogens is 455 g/mol. The molecule has 1 aliphatic heterocycles. The van der Waals surface area contributed by atoms with Crippen LogP contribution in [0.2, 0.25) is 0 Å². The first kappa shape index (κ1) is 21.2. The zero-order valence-electron chi connectivity index (χ0n) is 15.6. The fourth-order valence-corrected chi connectivity index (χ4v) is 2.94. The summed E-state index contributed by atoms with van der Waals surface area (Å²) in [7, 11) is 0. The van der Waals surface area contributed by atoms with Crippen LogP contribution >= 0.6 is 24.0 Å². The van der Waals surface area contributed by atoms with Gasteiger partial charge in [0.25, 0.3) is 0 Å². The minimum atomic E-state index is 0. The van der Waals surface area contributed by atoms with Crippen molar-refractivity contribution >= 4 is 41.5 Å². The van der Waals surface area contributed by atoms with E-state index in [9.17, 15) is 4.79 Å². The van der Waals surface area contributed by atoms with Crippen molar-refractivity contribution < 1.29 is 4.79 Å². The summed E-state index contributed by atoms with van der Waals surface area (Å²) in [5.74, 6) is 1.01. The lowest BCUT2D eigenvalue weighted by Gasteiger charge is -2.16. The number of nitrogens with zero attached hydrogens (tertiary/aromatic N) is 4. The number of aliphatic imine (C=N–C) groups is 1. The van der Waals surface area contributed by atoms with Crippen molar-refractivity contribution in [1.29, 1.82) is 0 Å². The molecule has 0 aliphatic carbocycles. The Balaban J connectivity index is 0.00000261. The van der Waals surface area contributed by atoms with Crippen LogP contribution in [-0.2, 0) is 17.9 Å². The van der Waals surface area contributed by atoms with Gasteiger partial charge in [0.1, 0.15) is 0 Å². The minimum absolute atomic E-state index is 0. The van der Waals surface area contributed by atoms with E-state index in [4.69, 9.17) is 0 Å². The number of rotatable bonds is 7. The lowest BCUT2D eigenvalue weighted by Crippen LogP contribution is -2.38. The van der Waals surface area contributed by atoms with Crippen LogP contribution in [0.1, 0.15) is 25.3 Å². The largest absolute Gasteiger partial charge is 0.357 e. The molecule has 27 heavy (non-hydrogen) atoms. The number of benzene rings is 1. The zero-order valence-corrected chi connectivity index (χ0v) is 17.9. The second-order valence-electron chi connectivity index (χ2n) is 6.24. The highest BCUT2D eigenvalue weighted by Gasteiger charge is 2.21. The summed E-state index contributed by atoms with van der Waals surface area (Å²) in [5, 5.41) is 6.58. The quantitative estimate of drug-likeness (QED) is 0.361. The highest BCUT2D eigenvalue weighted by Crippen LogP contribution is 2.21. The smallest absolute Gasteiger partial charge is 0.227 e. The Morgan fingerprint density at radius 3 is 2.70 bits per heavy atom. The molecule has 1 aromatic carbocycles. The third-order valence-electron chi connectivity index (χ3n) is 4.31. The van der Waals surface area contributed by atoms with E-state index < -0.39 is 0 Å². The second kappa shape index (κ2) is 10.9. The summed E-state index contributed by atoms with van der Waals surface area (Å²) in [6.07, 6.45) is 7.12. The number of anilines is 1. The number of nitrogens with one attached hydrogen (secondary N) is 2. The summed E-state index contributed by atoms with van der Waals surface area (Å²) in [4.78, 5) is 22.3. The van der Waals surface area contributed by atoms with Crippen molar-refractivity contribution in [2.45, 2.75) is 32.9 Å². The number of hydrogen-bond donors (Lipinski definition) is 2. The van der Waals surface area contributed by atoms with E-state index in [2.05, 4.69) is 27.5 Å². The lowest BCUT2D eigenvalue weighted by molar-refractivity contribution is -0.117. The normalized spacial score (nSPS) is 14.2. The van der Waals surface area contributed by atoms with Gasteiger partial charge >= 0.3 is 0 Å². The molecule has 8 heteroatoms. The molecule has 2 heterocycles. The third-order valence-corrected chi connectivity index (χ3v) is 4.31. The molecule has 7 nitrogen and oxygen atoms in total. The van der Waals surface area contributed by atoms with Gasteiger partial charge in [-0.05, 0) is 31.0 Å². The molecule has 0 spiro atoms. The Kier molecular flexibility index (Phi) is 8.56. The molecule has 1 aliphatic rings. The molecular formula is C19H27IN6O. The summed E-state index contributed by atoms with van der Waals surface area (Å²) in [6.45, 7) is 5.89. The van der Waals surface area contributed by atoms with Gasteiger partial charge in [0.2, 0.25) is 5.91 Å². The molecule has 0 atom stereocenters. The molecule has 2 aromatic rings. The number of imidazole rings is 1. The van der Waals surface area contributed by atoms with E-state index in [1.165, 1.54) is 0 Å². The SMILES string of the molecule is CCNC(=NCc1ccc(N2CCCC2=O)cc1)NCCn1ccnc1.I. The molecule has 0 radical (unpaired) electrons. The Bertz CT molecular complexity index is 729. The van der Waals surface area contributed by atoms with Crippen molar-refractivity contribution in [3.05, 3.63) is 48.5 Å². The first-order valence-corrected chi connectivity index (χ1v) is 9.13. The second-order valence-corrected chi connectivity index (χ2v) is 6.24. The number of amides is 1. The molecule has 0 unspecified atom stereocenters. The van der Waals surface area contributed by atoms with Crippen LogP contribution in [-0.4, -0.2) is 41.1 Å². The van der Waals surface area contributed by atoms with Gasteiger partial charge in [0.05, 0.1) is 12.9 Å². The van der Waals surface area contributed by atoms with Gasteiger partial charge in [-0.1, -0.05) is 12.1 Å². The average Bonchev–Trinajstić information content (AvgIpc) is 3.32. The van der Waals surface area contributed by atoms with E-state index in [-0.39, 0.29) is 29.9 Å². The van der Waals surface area contributed by atoms with Crippen molar-refractivity contribution in [3.63, 3.8) is 0 Å². The number of hydrogen-bond acceptors (Lipinski definition) is 3.